The molecule has 0 aliphatic carbocycles. The molecule has 0 aliphatic heterocycles. The number of carbonyl (C=O) groups excluding carboxylic acids is 1. The van der Waals surface area contributed by atoms with Gasteiger partial charge in [0.2, 0.25) is 5.13 Å². The number of nitrogens with zero attached hydrogens (tertiary/aromatic N) is 2. The summed E-state index contributed by atoms with van der Waals surface area (Å²) in [6.07, 6.45) is 0. The van der Waals surface area contributed by atoms with Crippen molar-refractivity contribution in [1.29, 1.82) is 0 Å². The van der Waals surface area contributed by atoms with E-state index in [-0.39, 0.29) is 10.8 Å². The Morgan fingerprint density at radius 2 is 1.74 bits per heavy atom. The average molecular weight is 489 g/mol. The molecule has 2 aromatic heterocycles. The van der Waals surface area contributed by atoms with Gasteiger partial charge >= 0.3 is 0 Å². The molecule has 0 radical (unpaired) electrons. The number of sulfonamides is 1. The number of rotatable bonds is 8. The first kappa shape index (κ1) is 21.5. The topological polar surface area (TPSA) is 101 Å². The third-order valence-corrected chi connectivity index (χ3v) is 8.47. The second kappa shape index (κ2) is 9.60. The molecular weight excluding hydrogens is 473 g/mol. The van der Waals surface area contributed by atoms with Crippen LogP contribution < -0.4 is 10.0 Å². The lowest BCUT2D eigenvalue weighted by Crippen LogP contribution is -2.14. The van der Waals surface area contributed by atoms with Crippen molar-refractivity contribution >= 4 is 61.2 Å². The van der Waals surface area contributed by atoms with E-state index in [0.717, 1.165) is 10.1 Å². The zero-order valence-corrected chi connectivity index (χ0v) is 19.2. The Morgan fingerprint density at radius 1 is 0.968 bits per heavy atom. The summed E-state index contributed by atoms with van der Waals surface area (Å²) in [7, 11) is -3.68. The molecule has 31 heavy (non-hydrogen) atoms. The Hall–Kier alpha value is -2.73. The molecule has 1 amide bonds. The van der Waals surface area contributed by atoms with Crippen molar-refractivity contribution in [3.63, 3.8) is 0 Å². The van der Waals surface area contributed by atoms with Crippen LogP contribution in [-0.4, -0.2) is 24.5 Å². The van der Waals surface area contributed by atoms with Crippen molar-refractivity contribution < 1.29 is 13.2 Å². The highest BCUT2D eigenvalue weighted by Gasteiger charge is 2.15. The largest absolute Gasteiger partial charge is 0.296 e. The Morgan fingerprint density at radius 3 is 2.45 bits per heavy atom. The van der Waals surface area contributed by atoms with Gasteiger partial charge in [-0.1, -0.05) is 47.4 Å². The van der Waals surface area contributed by atoms with E-state index >= 15 is 0 Å². The molecule has 0 saturated heterocycles. The number of thioether (sulfide) groups is 1. The fraction of sp³-hybridized carbons (Fsp3) is 0.0500. The van der Waals surface area contributed by atoms with Crippen LogP contribution in [0.4, 0.5) is 10.8 Å². The Labute approximate surface area is 191 Å². The summed E-state index contributed by atoms with van der Waals surface area (Å²) < 4.78 is 28.0. The maximum Gasteiger partial charge on any atom is 0.261 e. The van der Waals surface area contributed by atoms with Crippen molar-refractivity contribution in [2.24, 2.45) is 0 Å². The van der Waals surface area contributed by atoms with Gasteiger partial charge in [-0.3, -0.25) is 14.8 Å². The molecule has 2 heterocycles. The van der Waals surface area contributed by atoms with E-state index in [9.17, 15) is 13.2 Å². The number of carbonyl (C=O) groups is 1. The molecule has 0 fully saturated rings. The van der Waals surface area contributed by atoms with E-state index in [1.807, 2.05) is 11.4 Å². The minimum Gasteiger partial charge on any atom is -0.296 e. The summed E-state index contributed by atoms with van der Waals surface area (Å²) in [6.45, 7) is 0. The van der Waals surface area contributed by atoms with Gasteiger partial charge in [-0.05, 0) is 47.8 Å². The number of anilines is 2. The van der Waals surface area contributed by atoms with Gasteiger partial charge in [0, 0.05) is 21.9 Å². The molecule has 2 aromatic carbocycles. The second-order valence-electron chi connectivity index (χ2n) is 6.19. The van der Waals surface area contributed by atoms with Crippen LogP contribution in [0.3, 0.4) is 0 Å². The first-order chi connectivity index (χ1) is 15.0. The maximum absolute atomic E-state index is 12.5. The highest BCUT2D eigenvalue weighted by Crippen LogP contribution is 2.29. The molecule has 0 atom stereocenters. The maximum atomic E-state index is 12.5. The van der Waals surface area contributed by atoms with Gasteiger partial charge in [0.05, 0.1) is 4.90 Å². The molecule has 4 aromatic rings. The normalized spacial score (nSPS) is 11.2. The van der Waals surface area contributed by atoms with Gasteiger partial charge in [-0.15, -0.1) is 21.5 Å². The van der Waals surface area contributed by atoms with Crippen molar-refractivity contribution in [3.05, 3.63) is 82.6 Å². The molecule has 0 unspecified atom stereocenters. The van der Waals surface area contributed by atoms with Crippen molar-refractivity contribution in [2.75, 3.05) is 10.0 Å². The number of hydrogen-bond donors (Lipinski definition) is 2. The van der Waals surface area contributed by atoms with Gasteiger partial charge in [0.1, 0.15) is 0 Å². The second-order valence-corrected chi connectivity index (χ2v) is 11.1. The number of thiophene rings is 1. The summed E-state index contributed by atoms with van der Waals surface area (Å²) in [5.41, 5.74) is 0.745. The van der Waals surface area contributed by atoms with E-state index in [0.29, 0.717) is 16.4 Å². The van der Waals surface area contributed by atoms with Gasteiger partial charge < -0.3 is 0 Å². The van der Waals surface area contributed by atoms with Gasteiger partial charge in [-0.25, -0.2) is 8.42 Å². The summed E-state index contributed by atoms with van der Waals surface area (Å²) in [6, 6.07) is 18.3. The molecule has 158 valence electrons. The lowest BCUT2D eigenvalue weighted by Gasteiger charge is -2.08. The van der Waals surface area contributed by atoms with Crippen LogP contribution >= 0.6 is 34.4 Å². The molecule has 2 N–H and O–H groups in total. The Balaban J connectivity index is 1.35. The predicted octanol–water partition coefficient (Wildman–Crippen LogP) is 4.95. The highest BCUT2D eigenvalue weighted by molar-refractivity contribution is 8.00. The number of aromatic nitrogens is 2. The van der Waals surface area contributed by atoms with Gasteiger partial charge in [0.15, 0.2) is 4.34 Å². The third kappa shape index (κ3) is 5.70. The zero-order valence-electron chi connectivity index (χ0n) is 15.9. The molecule has 0 aliphatic rings. The van der Waals surface area contributed by atoms with Crippen molar-refractivity contribution in [1.82, 2.24) is 10.2 Å². The lowest BCUT2D eigenvalue weighted by molar-refractivity contribution is 0.102. The zero-order chi connectivity index (χ0) is 21.7. The molecule has 0 spiro atoms. The van der Waals surface area contributed by atoms with E-state index in [2.05, 4.69) is 26.3 Å². The monoisotopic (exact) mass is 488 g/mol. The van der Waals surface area contributed by atoms with Crippen molar-refractivity contribution in [2.45, 2.75) is 15.0 Å². The van der Waals surface area contributed by atoms with Crippen LogP contribution in [0.25, 0.3) is 0 Å². The molecular formula is C20H16N4O3S4. The fourth-order valence-corrected chi connectivity index (χ4v) is 6.12. The SMILES string of the molecule is O=C(Nc1nnc(SCc2cccs2)s1)c1ccc(NS(=O)(=O)c2ccccc2)cc1. The molecule has 0 saturated carbocycles. The van der Waals surface area contributed by atoms with Gasteiger partial charge in [-0.2, -0.15) is 0 Å². The summed E-state index contributed by atoms with van der Waals surface area (Å²) in [5, 5.41) is 13.3. The van der Waals surface area contributed by atoms with Gasteiger partial charge in [0.25, 0.3) is 15.9 Å². The molecule has 0 bridgehead atoms. The minimum absolute atomic E-state index is 0.167. The first-order valence-electron chi connectivity index (χ1n) is 8.97. The molecule has 11 heteroatoms. The van der Waals surface area contributed by atoms with Crippen LogP contribution in [0, 0.1) is 0 Å². The van der Waals surface area contributed by atoms with Crippen LogP contribution in [-0.2, 0) is 15.8 Å². The van der Waals surface area contributed by atoms with Crippen LogP contribution in [0.5, 0.6) is 0 Å². The number of benzene rings is 2. The van der Waals surface area contributed by atoms with Crippen LogP contribution in [0.15, 0.2) is 81.3 Å². The molecule has 4 rings (SSSR count). The summed E-state index contributed by atoms with van der Waals surface area (Å²) >= 11 is 4.56. The highest BCUT2D eigenvalue weighted by atomic mass is 32.2. The number of amides is 1. The summed E-state index contributed by atoms with van der Waals surface area (Å²) in [4.78, 5) is 13.9. The lowest BCUT2D eigenvalue weighted by atomic mass is 10.2. The Bertz CT molecular complexity index is 1260. The number of nitrogens with one attached hydrogen (secondary N) is 2. The van der Waals surface area contributed by atoms with Crippen LogP contribution in [0.1, 0.15) is 15.2 Å². The van der Waals surface area contributed by atoms with E-state index < -0.39 is 10.0 Å². The van der Waals surface area contributed by atoms with Crippen molar-refractivity contribution in [3.8, 4) is 0 Å². The molecule has 7 nitrogen and oxygen atoms in total. The fourth-order valence-electron chi connectivity index (χ4n) is 2.52. The first-order valence-corrected chi connectivity index (χ1v) is 13.1. The minimum atomic E-state index is -3.68. The summed E-state index contributed by atoms with van der Waals surface area (Å²) in [5.74, 6) is 0.462. The number of hydrogen-bond acceptors (Lipinski definition) is 8. The predicted molar refractivity (Wildman–Crippen MR) is 125 cm³/mol. The Kier molecular flexibility index (Phi) is 6.66. The van der Waals surface area contributed by atoms with E-state index in [4.69, 9.17) is 0 Å². The standard InChI is InChI=1S/C20H16N4O3S4/c25-18(21-19-22-23-20(30-19)29-13-16-5-4-12-28-16)14-8-10-15(11-9-14)24-31(26,27)17-6-2-1-3-7-17/h1-12,24H,13H2,(H,21,22,25). The third-order valence-electron chi connectivity index (χ3n) is 4.00. The quantitative estimate of drug-likeness (QED) is 0.269. The van der Waals surface area contributed by atoms with E-state index in [1.165, 1.54) is 40.5 Å². The smallest absolute Gasteiger partial charge is 0.261 e. The average Bonchev–Trinajstić information content (AvgIpc) is 3.45. The van der Waals surface area contributed by atoms with Crippen LogP contribution in [0.2, 0.25) is 0 Å². The van der Waals surface area contributed by atoms with E-state index in [1.54, 1.807) is 53.4 Å².